The fourth-order valence-corrected chi connectivity index (χ4v) is 5.25. The summed E-state index contributed by atoms with van der Waals surface area (Å²) in [4.78, 5) is 12.1. The first-order valence-electron chi connectivity index (χ1n) is 11.4. The second kappa shape index (κ2) is 8.13. The smallest absolute Gasteiger partial charge is 0.311 e. The van der Waals surface area contributed by atoms with Crippen LogP contribution in [0.4, 0.5) is 4.39 Å². The number of methoxy groups -OCH3 is 1. The molecule has 0 amide bonds. The normalized spacial score (nSPS) is 20.9. The maximum atomic E-state index is 14.3. The minimum atomic E-state index is -0.969. The molecule has 1 aliphatic heterocycles. The number of rotatable bonds is 5. The Hall–Kier alpha value is -3.39. The Bertz CT molecular complexity index is 1410. The zero-order valence-electron chi connectivity index (χ0n) is 19.7. The second-order valence-electron chi connectivity index (χ2n) is 9.72. The Morgan fingerprint density at radius 2 is 2.15 bits per heavy atom. The van der Waals surface area contributed by atoms with E-state index in [9.17, 15) is 14.3 Å². The lowest BCUT2D eigenvalue weighted by Gasteiger charge is -2.35. The SMILES string of the molecule is COc1cc(-n2c(C(C)C)c(C3COC[C@](C)(C(=O)O)C3)c3cc4[nH]ncc4cc32)ccc1F. The molecular weight excluding hydrogens is 437 g/mol. The van der Waals surface area contributed by atoms with Crippen LogP contribution in [0.5, 0.6) is 5.75 Å². The van der Waals surface area contributed by atoms with Gasteiger partial charge >= 0.3 is 5.97 Å². The molecule has 8 heteroatoms. The Labute approximate surface area is 196 Å². The standard InChI is InChI=1S/C26H28FN3O4/c1-14(2)24-23(16-10-26(3,25(31)32)13-34-12-16)18-9-20-15(11-28-29-20)7-21(18)30(24)17-5-6-19(27)22(8-17)33-4/h5-9,11,14,16H,10,12-13H2,1-4H3,(H,28,29)(H,31,32)/t16?,26-/m1/s1. The largest absolute Gasteiger partial charge is 0.494 e. The van der Waals surface area contributed by atoms with E-state index in [-0.39, 0.29) is 24.2 Å². The molecule has 0 bridgehead atoms. The number of nitrogens with one attached hydrogen (secondary N) is 1. The fraction of sp³-hybridized carbons (Fsp3) is 0.385. The number of carbonyl (C=O) groups is 1. The lowest BCUT2D eigenvalue weighted by Crippen LogP contribution is -2.39. The molecule has 3 heterocycles. The third-order valence-corrected chi connectivity index (χ3v) is 6.91. The number of fused-ring (bicyclic) bond motifs is 2. The van der Waals surface area contributed by atoms with E-state index in [4.69, 9.17) is 9.47 Å². The topological polar surface area (TPSA) is 89.4 Å². The van der Waals surface area contributed by atoms with Crippen LogP contribution in [0.25, 0.3) is 27.5 Å². The van der Waals surface area contributed by atoms with Crippen LogP contribution in [0.15, 0.2) is 36.5 Å². The summed E-state index contributed by atoms with van der Waals surface area (Å²) in [6.07, 6.45) is 2.24. The van der Waals surface area contributed by atoms with Crippen molar-refractivity contribution >= 4 is 27.8 Å². The fourth-order valence-electron chi connectivity index (χ4n) is 5.25. The van der Waals surface area contributed by atoms with Crippen molar-refractivity contribution in [3.05, 3.63) is 53.6 Å². The lowest BCUT2D eigenvalue weighted by atomic mass is 9.76. The molecule has 2 atom stereocenters. The van der Waals surface area contributed by atoms with Crippen LogP contribution in [0, 0.1) is 11.2 Å². The van der Waals surface area contributed by atoms with Crippen molar-refractivity contribution in [1.82, 2.24) is 14.8 Å². The van der Waals surface area contributed by atoms with Gasteiger partial charge in [-0.3, -0.25) is 9.89 Å². The molecule has 178 valence electrons. The van der Waals surface area contributed by atoms with Gasteiger partial charge in [0.1, 0.15) is 0 Å². The summed E-state index contributed by atoms with van der Waals surface area (Å²) in [5.74, 6) is -1.12. The highest BCUT2D eigenvalue weighted by atomic mass is 19.1. The predicted octanol–water partition coefficient (Wildman–Crippen LogP) is 5.37. The van der Waals surface area contributed by atoms with Crippen LogP contribution in [-0.2, 0) is 9.53 Å². The van der Waals surface area contributed by atoms with Crippen LogP contribution in [0.1, 0.15) is 50.3 Å². The van der Waals surface area contributed by atoms with Crippen molar-refractivity contribution in [1.29, 1.82) is 0 Å². The van der Waals surface area contributed by atoms with Gasteiger partial charge in [0.05, 0.1) is 43.0 Å². The van der Waals surface area contributed by atoms with E-state index in [2.05, 4.69) is 40.7 Å². The molecule has 1 unspecified atom stereocenters. The molecule has 1 fully saturated rings. The molecule has 0 spiro atoms. The molecule has 0 saturated carbocycles. The number of benzene rings is 2. The number of hydrogen-bond donors (Lipinski definition) is 2. The molecule has 0 aliphatic carbocycles. The summed E-state index contributed by atoms with van der Waals surface area (Å²) in [7, 11) is 1.45. The second-order valence-corrected chi connectivity index (χ2v) is 9.72. The first-order chi connectivity index (χ1) is 16.2. The number of nitrogens with zero attached hydrogens (tertiary/aromatic N) is 2. The maximum absolute atomic E-state index is 14.3. The van der Waals surface area contributed by atoms with E-state index in [0.717, 1.165) is 38.8 Å². The van der Waals surface area contributed by atoms with Gasteiger partial charge in [-0.2, -0.15) is 5.10 Å². The van der Waals surface area contributed by atoms with Gasteiger partial charge in [-0.15, -0.1) is 0 Å². The Morgan fingerprint density at radius 1 is 1.35 bits per heavy atom. The van der Waals surface area contributed by atoms with E-state index >= 15 is 0 Å². The molecule has 5 rings (SSSR count). The number of ether oxygens (including phenoxy) is 2. The van der Waals surface area contributed by atoms with Gasteiger partial charge in [0, 0.05) is 34.1 Å². The number of carboxylic acid groups (broad SMARTS) is 1. The molecule has 1 aliphatic rings. The Morgan fingerprint density at radius 3 is 2.85 bits per heavy atom. The van der Waals surface area contributed by atoms with Crippen molar-refractivity contribution in [2.75, 3.05) is 20.3 Å². The monoisotopic (exact) mass is 465 g/mol. The van der Waals surface area contributed by atoms with Crippen molar-refractivity contribution in [2.45, 2.75) is 39.0 Å². The Balaban J connectivity index is 1.83. The summed E-state index contributed by atoms with van der Waals surface area (Å²) in [5, 5.41) is 19.1. The average Bonchev–Trinajstić information content (AvgIpc) is 3.39. The van der Waals surface area contributed by atoms with E-state index < -0.39 is 17.2 Å². The molecule has 2 aromatic carbocycles. The number of halogens is 1. The van der Waals surface area contributed by atoms with Crippen molar-refractivity contribution in [2.24, 2.45) is 5.41 Å². The summed E-state index contributed by atoms with van der Waals surface area (Å²) < 4.78 is 27.5. The van der Waals surface area contributed by atoms with Gasteiger partial charge in [-0.25, -0.2) is 4.39 Å². The van der Waals surface area contributed by atoms with E-state index in [1.165, 1.54) is 13.2 Å². The van der Waals surface area contributed by atoms with E-state index in [0.29, 0.717) is 13.0 Å². The molecule has 1 saturated heterocycles. The number of aliphatic carboxylic acids is 1. The van der Waals surface area contributed by atoms with Crippen molar-refractivity contribution in [3.8, 4) is 11.4 Å². The minimum Gasteiger partial charge on any atom is -0.494 e. The first-order valence-corrected chi connectivity index (χ1v) is 11.4. The highest BCUT2D eigenvalue weighted by Gasteiger charge is 2.42. The zero-order chi connectivity index (χ0) is 24.2. The number of carboxylic acids is 1. The highest BCUT2D eigenvalue weighted by Crippen LogP contribution is 2.45. The van der Waals surface area contributed by atoms with Gasteiger partial charge < -0.3 is 19.1 Å². The number of H-pyrrole nitrogens is 1. The number of hydrogen-bond acceptors (Lipinski definition) is 4. The van der Waals surface area contributed by atoms with E-state index in [1.54, 1.807) is 25.3 Å². The molecular formula is C26H28FN3O4. The zero-order valence-corrected chi connectivity index (χ0v) is 19.7. The van der Waals surface area contributed by atoms with Crippen LogP contribution >= 0.6 is 0 Å². The van der Waals surface area contributed by atoms with Crippen LogP contribution in [0.3, 0.4) is 0 Å². The predicted molar refractivity (Wildman–Crippen MR) is 127 cm³/mol. The van der Waals surface area contributed by atoms with Gasteiger partial charge in [0.15, 0.2) is 11.6 Å². The van der Waals surface area contributed by atoms with Crippen LogP contribution < -0.4 is 4.74 Å². The quantitative estimate of drug-likeness (QED) is 0.413. The minimum absolute atomic E-state index is 0.105. The highest BCUT2D eigenvalue weighted by molar-refractivity contribution is 5.99. The van der Waals surface area contributed by atoms with E-state index in [1.807, 2.05) is 0 Å². The summed E-state index contributed by atoms with van der Waals surface area (Å²) in [6.45, 7) is 6.60. The molecule has 7 nitrogen and oxygen atoms in total. The van der Waals surface area contributed by atoms with Gasteiger partial charge in [0.25, 0.3) is 0 Å². The molecule has 4 aromatic rings. The number of aromatic amines is 1. The molecule has 0 radical (unpaired) electrons. The molecule has 2 aromatic heterocycles. The molecule has 34 heavy (non-hydrogen) atoms. The lowest BCUT2D eigenvalue weighted by molar-refractivity contribution is -0.156. The van der Waals surface area contributed by atoms with Gasteiger partial charge in [-0.1, -0.05) is 13.8 Å². The van der Waals surface area contributed by atoms with Crippen LogP contribution in [-0.4, -0.2) is 46.2 Å². The van der Waals surface area contributed by atoms with Gasteiger partial charge in [0.2, 0.25) is 0 Å². The summed E-state index contributed by atoms with van der Waals surface area (Å²) in [6, 6.07) is 8.99. The first kappa shape index (κ1) is 22.4. The average molecular weight is 466 g/mol. The van der Waals surface area contributed by atoms with Crippen molar-refractivity contribution in [3.63, 3.8) is 0 Å². The Kier molecular flexibility index (Phi) is 5.36. The van der Waals surface area contributed by atoms with Crippen LogP contribution in [0.2, 0.25) is 0 Å². The summed E-state index contributed by atoms with van der Waals surface area (Å²) >= 11 is 0. The third-order valence-electron chi connectivity index (χ3n) is 6.91. The van der Waals surface area contributed by atoms with Gasteiger partial charge in [-0.05, 0) is 49.1 Å². The summed E-state index contributed by atoms with van der Waals surface area (Å²) in [5.41, 5.74) is 3.77. The molecule has 2 N–H and O–H groups in total. The maximum Gasteiger partial charge on any atom is 0.311 e. The number of aromatic nitrogens is 3. The van der Waals surface area contributed by atoms with Crippen molar-refractivity contribution < 1.29 is 23.8 Å². The third kappa shape index (κ3) is 3.44.